The molecule has 0 aliphatic rings. The number of hydrogen-bond donors (Lipinski definition) is 0. The van der Waals surface area contributed by atoms with E-state index in [4.69, 9.17) is 11.6 Å². The van der Waals surface area contributed by atoms with Crippen LogP contribution in [-0.4, -0.2) is 21.5 Å². The van der Waals surface area contributed by atoms with Crippen LogP contribution in [0.4, 0.5) is 32.0 Å². The Morgan fingerprint density at radius 1 is 1.29 bits per heavy atom. The summed E-state index contributed by atoms with van der Waals surface area (Å²) >= 11 is 4.81. The molecular weight excluding hydrogens is 338 g/mol. The molecule has 1 heterocycles. The summed E-state index contributed by atoms with van der Waals surface area (Å²) in [5, 5.41) is 8.67. The molecule has 116 valence electrons. The Bertz CT molecular complexity index is 600. The third-order valence-electron chi connectivity index (χ3n) is 1.84. The number of hydrogen-bond acceptors (Lipinski definition) is 5. The first-order chi connectivity index (χ1) is 9.33. The average molecular weight is 339 g/mol. The first-order valence-corrected chi connectivity index (χ1v) is 4.93. The number of carbonyl (C=O) groups is 1. The van der Waals surface area contributed by atoms with Gasteiger partial charge in [-0.15, -0.1) is 13.2 Å². The van der Waals surface area contributed by atoms with Gasteiger partial charge in [-0.05, 0) is 11.6 Å². The Morgan fingerprint density at radius 3 is 2.14 bits per heavy atom. The van der Waals surface area contributed by atoms with Gasteiger partial charge in [0.2, 0.25) is 5.69 Å². The first-order valence-electron chi connectivity index (χ1n) is 4.55. The number of halogens is 7. The zero-order valence-electron chi connectivity index (χ0n) is 9.25. The van der Waals surface area contributed by atoms with Crippen molar-refractivity contribution in [2.75, 3.05) is 0 Å². The van der Waals surface area contributed by atoms with Crippen LogP contribution in [0.3, 0.4) is 0 Å². The van der Waals surface area contributed by atoms with Crippen molar-refractivity contribution in [3.05, 3.63) is 27.6 Å². The summed E-state index contributed by atoms with van der Waals surface area (Å²) in [5.41, 5.74) is -5.54. The van der Waals surface area contributed by atoms with Gasteiger partial charge in [0.25, 0.3) is 5.24 Å². The number of nitrogens with zero attached hydrogens (tertiary/aromatic N) is 2. The molecule has 0 radical (unpaired) electrons. The van der Waals surface area contributed by atoms with E-state index in [0.29, 0.717) is 0 Å². The predicted octanol–water partition coefficient (Wildman–Crippen LogP) is 3.29. The predicted molar refractivity (Wildman–Crippen MR) is 52.8 cm³/mol. The van der Waals surface area contributed by atoms with Gasteiger partial charge in [-0.1, -0.05) is 0 Å². The molecule has 1 rings (SSSR count). The van der Waals surface area contributed by atoms with Crippen LogP contribution in [0.15, 0.2) is 6.07 Å². The van der Waals surface area contributed by atoms with E-state index in [1.807, 2.05) is 0 Å². The molecule has 0 N–H and O–H groups in total. The molecule has 0 saturated heterocycles. The summed E-state index contributed by atoms with van der Waals surface area (Å²) in [5.74, 6) is -1.61. The standard InChI is InChI=1S/C8HClF6N2O4/c9-6(18)4-3(21-8(13,14)15)1-2(17(19)20)5(16-4)7(10,11)12/h1H. The van der Waals surface area contributed by atoms with Crippen molar-refractivity contribution < 1.29 is 40.8 Å². The first kappa shape index (κ1) is 16.9. The highest BCUT2D eigenvalue weighted by Gasteiger charge is 2.43. The third-order valence-corrected chi connectivity index (χ3v) is 2.02. The van der Waals surface area contributed by atoms with Crippen LogP contribution in [0.25, 0.3) is 0 Å². The molecule has 0 aliphatic carbocycles. The maximum atomic E-state index is 12.5. The normalized spacial score (nSPS) is 12.1. The van der Waals surface area contributed by atoms with Crippen molar-refractivity contribution in [1.82, 2.24) is 4.98 Å². The molecule has 0 fully saturated rings. The molecule has 1 aromatic rings. The molecule has 0 aliphatic heterocycles. The van der Waals surface area contributed by atoms with Crippen LogP contribution < -0.4 is 4.74 Å². The van der Waals surface area contributed by atoms with Gasteiger partial charge in [-0.2, -0.15) is 13.2 Å². The summed E-state index contributed by atoms with van der Waals surface area (Å²) in [6.07, 6.45) is -10.8. The van der Waals surface area contributed by atoms with Crippen molar-refractivity contribution in [2.24, 2.45) is 0 Å². The van der Waals surface area contributed by atoms with Gasteiger partial charge in [-0.3, -0.25) is 14.9 Å². The van der Waals surface area contributed by atoms with Gasteiger partial charge in [0.05, 0.1) is 11.0 Å². The minimum absolute atomic E-state index is 0.223. The number of pyridine rings is 1. The molecule has 0 atom stereocenters. The minimum Gasteiger partial charge on any atom is -0.403 e. The number of ether oxygens (including phenoxy) is 1. The second kappa shape index (κ2) is 5.35. The zero-order chi connectivity index (χ0) is 16.6. The highest BCUT2D eigenvalue weighted by molar-refractivity contribution is 6.67. The summed E-state index contributed by atoms with van der Waals surface area (Å²) < 4.78 is 77.0. The summed E-state index contributed by atoms with van der Waals surface area (Å²) in [4.78, 5) is 22.2. The largest absolute Gasteiger partial charge is 0.573 e. The summed E-state index contributed by atoms with van der Waals surface area (Å²) in [7, 11) is 0. The molecule has 1 aromatic heterocycles. The van der Waals surface area contributed by atoms with Crippen molar-refractivity contribution in [2.45, 2.75) is 12.5 Å². The molecule has 0 bridgehead atoms. The van der Waals surface area contributed by atoms with E-state index < -0.39 is 45.5 Å². The molecule has 0 spiro atoms. The molecule has 0 saturated carbocycles. The van der Waals surface area contributed by atoms with Crippen molar-refractivity contribution in [3.8, 4) is 5.75 Å². The van der Waals surface area contributed by atoms with E-state index in [1.165, 1.54) is 0 Å². The zero-order valence-corrected chi connectivity index (χ0v) is 10.0. The molecule has 13 heteroatoms. The van der Waals surface area contributed by atoms with E-state index in [9.17, 15) is 41.3 Å². The van der Waals surface area contributed by atoms with Crippen LogP contribution in [-0.2, 0) is 6.18 Å². The highest BCUT2D eigenvalue weighted by Crippen LogP contribution is 2.39. The summed E-state index contributed by atoms with van der Waals surface area (Å²) in [6, 6.07) is -0.223. The Morgan fingerprint density at radius 2 is 1.81 bits per heavy atom. The van der Waals surface area contributed by atoms with Gasteiger partial charge in [0.15, 0.2) is 11.4 Å². The number of aromatic nitrogens is 1. The minimum atomic E-state index is -5.42. The van der Waals surface area contributed by atoms with E-state index in [-0.39, 0.29) is 6.07 Å². The lowest BCUT2D eigenvalue weighted by Crippen LogP contribution is -2.21. The van der Waals surface area contributed by atoms with Crippen LogP contribution in [0, 0.1) is 10.1 Å². The second-order valence-corrected chi connectivity index (χ2v) is 3.62. The van der Waals surface area contributed by atoms with Crippen LogP contribution in [0.1, 0.15) is 16.2 Å². The summed E-state index contributed by atoms with van der Waals surface area (Å²) in [6.45, 7) is 0. The Kier molecular flexibility index (Phi) is 4.32. The highest BCUT2D eigenvalue weighted by atomic mass is 35.5. The van der Waals surface area contributed by atoms with Gasteiger partial charge < -0.3 is 4.74 Å². The molecule has 21 heavy (non-hydrogen) atoms. The van der Waals surface area contributed by atoms with Gasteiger partial charge in [0.1, 0.15) is 0 Å². The lowest BCUT2D eigenvalue weighted by Gasteiger charge is -2.13. The molecular formula is C8HClF6N2O4. The number of alkyl halides is 6. The van der Waals surface area contributed by atoms with Gasteiger partial charge >= 0.3 is 18.2 Å². The Hall–Kier alpha value is -2.11. The van der Waals surface area contributed by atoms with E-state index >= 15 is 0 Å². The van der Waals surface area contributed by atoms with Crippen molar-refractivity contribution >= 4 is 22.5 Å². The topological polar surface area (TPSA) is 82.3 Å². The van der Waals surface area contributed by atoms with Crippen molar-refractivity contribution in [1.29, 1.82) is 0 Å². The molecule has 0 unspecified atom stereocenters. The van der Waals surface area contributed by atoms with Gasteiger partial charge in [-0.25, -0.2) is 4.98 Å². The SMILES string of the molecule is O=C(Cl)c1nc(C(F)(F)F)c([N+](=O)[O-])cc1OC(F)(F)F. The molecule has 6 nitrogen and oxygen atoms in total. The maximum Gasteiger partial charge on any atom is 0.573 e. The van der Waals surface area contributed by atoms with Crippen LogP contribution in [0.2, 0.25) is 0 Å². The number of nitro groups is 1. The second-order valence-electron chi connectivity index (χ2n) is 3.28. The third kappa shape index (κ3) is 4.18. The Balaban J connectivity index is 3.63. The van der Waals surface area contributed by atoms with Crippen molar-refractivity contribution in [3.63, 3.8) is 0 Å². The van der Waals surface area contributed by atoms with Crippen LogP contribution in [0.5, 0.6) is 5.75 Å². The molecule has 0 aromatic carbocycles. The van der Waals surface area contributed by atoms with Gasteiger partial charge in [0, 0.05) is 0 Å². The van der Waals surface area contributed by atoms with E-state index in [2.05, 4.69) is 9.72 Å². The smallest absolute Gasteiger partial charge is 0.403 e. The monoisotopic (exact) mass is 338 g/mol. The maximum absolute atomic E-state index is 12.5. The Labute approximate surface area is 115 Å². The number of rotatable bonds is 3. The fourth-order valence-corrected chi connectivity index (χ4v) is 1.31. The lowest BCUT2D eigenvalue weighted by molar-refractivity contribution is -0.388. The quantitative estimate of drug-likeness (QED) is 0.365. The molecule has 0 amide bonds. The van der Waals surface area contributed by atoms with E-state index in [1.54, 1.807) is 0 Å². The van der Waals surface area contributed by atoms with Crippen LogP contribution >= 0.6 is 11.6 Å². The average Bonchev–Trinajstić information content (AvgIpc) is 2.23. The number of carbonyl (C=O) groups excluding carboxylic acids is 1. The van der Waals surface area contributed by atoms with E-state index in [0.717, 1.165) is 0 Å². The fourth-order valence-electron chi connectivity index (χ4n) is 1.18. The fraction of sp³-hybridized carbons (Fsp3) is 0.250. The lowest BCUT2D eigenvalue weighted by atomic mass is 10.2.